The lowest BCUT2D eigenvalue weighted by Crippen LogP contribution is -2.49. The van der Waals surface area contributed by atoms with Gasteiger partial charge in [-0.1, -0.05) is 41.4 Å². The van der Waals surface area contributed by atoms with E-state index in [1.54, 1.807) is 11.8 Å². The molecular formula is C23H25Cl2N5OS. The van der Waals surface area contributed by atoms with Gasteiger partial charge in [-0.25, -0.2) is 0 Å². The Balaban J connectivity index is 1.28. The van der Waals surface area contributed by atoms with E-state index in [0.29, 0.717) is 27.5 Å². The van der Waals surface area contributed by atoms with Gasteiger partial charge in [0.2, 0.25) is 0 Å². The van der Waals surface area contributed by atoms with Crippen molar-refractivity contribution in [1.82, 2.24) is 19.6 Å². The highest BCUT2D eigenvalue weighted by Gasteiger charge is 2.20. The molecule has 9 heteroatoms. The van der Waals surface area contributed by atoms with Crippen LogP contribution in [0.5, 0.6) is 5.75 Å². The van der Waals surface area contributed by atoms with Crippen LogP contribution in [0, 0.1) is 0 Å². The lowest BCUT2D eigenvalue weighted by molar-refractivity contribution is 0.177. The summed E-state index contributed by atoms with van der Waals surface area (Å²) < 4.78 is 7.12. The van der Waals surface area contributed by atoms with Crippen molar-refractivity contribution in [3.63, 3.8) is 0 Å². The van der Waals surface area contributed by atoms with Gasteiger partial charge in [-0.15, -0.1) is 0 Å². The minimum atomic E-state index is 0.496. The molecular weight excluding hydrogens is 465 g/mol. The molecule has 3 aromatic rings. The fourth-order valence-electron chi connectivity index (χ4n) is 3.69. The molecule has 1 aliphatic rings. The number of halogens is 2. The van der Waals surface area contributed by atoms with Crippen LogP contribution in [0.15, 0.2) is 54.7 Å². The van der Waals surface area contributed by atoms with Crippen LogP contribution in [-0.4, -0.2) is 58.0 Å². The number of rotatable bonds is 6. The molecule has 0 radical (unpaired) electrons. The van der Waals surface area contributed by atoms with Crippen molar-refractivity contribution >= 4 is 46.4 Å². The molecule has 0 amide bonds. The van der Waals surface area contributed by atoms with Gasteiger partial charge in [0.25, 0.3) is 0 Å². The summed E-state index contributed by atoms with van der Waals surface area (Å²) in [5.41, 5.74) is 2.10. The Morgan fingerprint density at radius 1 is 1.03 bits per heavy atom. The Bertz CT molecular complexity index is 1060. The number of ether oxygens (including phenoxy) is 1. The van der Waals surface area contributed by atoms with Crippen molar-refractivity contribution < 1.29 is 4.74 Å². The first-order valence-corrected chi connectivity index (χ1v) is 11.6. The van der Waals surface area contributed by atoms with Crippen molar-refractivity contribution in [2.24, 2.45) is 0 Å². The zero-order valence-electron chi connectivity index (χ0n) is 17.8. The molecule has 2 heterocycles. The predicted molar refractivity (Wildman–Crippen MR) is 134 cm³/mol. The summed E-state index contributed by atoms with van der Waals surface area (Å²) in [5.74, 6) is 1.60. The van der Waals surface area contributed by atoms with Gasteiger partial charge >= 0.3 is 0 Å². The van der Waals surface area contributed by atoms with Gasteiger partial charge in [0.1, 0.15) is 5.75 Å². The van der Waals surface area contributed by atoms with Crippen molar-refractivity contribution in [2.75, 3.05) is 38.6 Å². The van der Waals surface area contributed by atoms with Gasteiger partial charge in [-0.3, -0.25) is 9.58 Å². The fraction of sp³-hybridized carbons (Fsp3) is 0.304. The Morgan fingerprint density at radius 3 is 2.47 bits per heavy atom. The number of hydrogen-bond donors (Lipinski definition) is 1. The maximum absolute atomic E-state index is 6.27. The van der Waals surface area contributed by atoms with Crippen molar-refractivity contribution in [1.29, 1.82) is 0 Å². The minimum absolute atomic E-state index is 0.496. The molecule has 1 aromatic heterocycles. The first-order valence-electron chi connectivity index (χ1n) is 10.4. The second kappa shape index (κ2) is 10.5. The number of hydrogen-bond acceptors (Lipinski definition) is 4. The Morgan fingerprint density at radius 2 is 1.75 bits per heavy atom. The highest BCUT2D eigenvalue weighted by molar-refractivity contribution is 7.80. The molecule has 1 saturated heterocycles. The average Bonchev–Trinajstić information content (AvgIpc) is 3.24. The van der Waals surface area contributed by atoms with Gasteiger partial charge in [-0.2, -0.15) is 5.10 Å². The van der Waals surface area contributed by atoms with E-state index in [1.807, 2.05) is 42.6 Å². The first-order chi connectivity index (χ1) is 15.5. The molecule has 1 N–H and O–H groups in total. The smallest absolute Gasteiger partial charge is 0.174 e. The third-order valence-electron chi connectivity index (χ3n) is 5.46. The SMILES string of the molecule is COc1cccc(CN2CCN(C(=S)Nc3ccn(Cc4c(Cl)cccc4Cl)n3)CC2)c1. The van der Waals surface area contributed by atoms with Gasteiger partial charge < -0.3 is 15.0 Å². The number of anilines is 1. The van der Waals surface area contributed by atoms with E-state index in [1.165, 1.54) is 5.56 Å². The molecule has 0 saturated carbocycles. The van der Waals surface area contributed by atoms with Crippen LogP contribution in [0.3, 0.4) is 0 Å². The number of piperazine rings is 1. The molecule has 0 unspecified atom stereocenters. The maximum Gasteiger partial charge on any atom is 0.174 e. The Labute approximate surface area is 203 Å². The summed E-state index contributed by atoms with van der Waals surface area (Å²) in [4.78, 5) is 4.61. The second-order valence-corrected chi connectivity index (χ2v) is 8.84. The number of benzene rings is 2. The van der Waals surface area contributed by atoms with E-state index >= 15 is 0 Å². The quantitative estimate of drug-likeness (QED) is 0.503. The molecule has 1 fully saturated rings. The summed E-state index contributed by atoms with van der Waals surface area (Å²) in [7, 11) is 1.70. The highest BCUT2D eigenvalue weighted by atomic mass is 35.5. The maximum atomic E-state index is 6.27. The van der Waals surface area contributed by atoms with Crippen molar-refractivity contribution in [2.45, 2.75) is 13.1 Å². The van der Waals surface area contributed by atoms with Gasteiger partial charge in [0.15, 0.2) is 10.9 Å². The summed E-state index contributed by atoms with van der Waals surface area (Å²) in [6.45, 7) is 5.02. The summed E-state index contributed by atoms with van der Waals surface area (Å²) in [5, 5.41) is 9.76. The van der Waals surface area contributed by atoms with Crippen molar-refractivity contribution in [3.05, 3.63) is 75.9 Å². The van der Waals surface area contributed by atoms with E-state index in [9.17, 15) is 0 Å². The zero-order chi connectivity index (χ0) is 22.5. The van der Waals surface area contributed by atoms with E-state index < -0.39 is 0 Å². The predicted octanol–water partition coefficient (Wildman–Crippen LogP) is 4.76. The van der Waals surface area contributed by atoms with Crippen LogP contribution < -0.4 is 10.1 Å². The molecule has 168 valence electrons. The molecule has 0 bridgehead atoms. The number of nitrogens with zero attached hydrogens (tertiary/aromatic N) is 4. The standard InChI is InChI=1S/C23H25Cl2N5OS/c1-31-18-5-2-4-17(14-18)15-28-10-12-29(13-11-28)23(32)26-22-8-9-30(27-22)16-19-20(24)6-3-7-21(19)25/h2-9,14H,10-13,15-16H2,1H3,(H,26,27,32). The van der Waals surface area contributed by atoms with Gasteiger partial charge in [0, 0.05) is 60.6 Å². The normalized spacial score (nSPS) is 14.4. The number of methoxy groups -OCH3 is 1. The topological polar surface area (TPSA) is 45.6 Å². The lowest BCUT2D eigenvalue weighted by atomic mass is 10.2. The van der Waals surface area contributed by atoms with Gasteiger partial charge in [0.05, 0.1) is 13.7 Å². The van der Waals surface area contributed by atoms with E-state index in [4.69, 9.17) is 40.2 Å². The highest BCUT2D eigenvalue weighted by Crippen LogP contribution is 2.25. The van der Waals surface area contributed by atoms with E-state index in [2.05, 4.69) is 32.3 Å². The summed E-state index contributed by atoms with van der Waals surface area (Å²) in [6.07, 6.45) is 1.89. The number of thiocarbonyl (C=S) groups is 1. The third kappa shape index (κ3) is 5.72. The zero-order valence-corrected chi connectivity index (χ0v) is 20.1. The molecule has 32 heavy (non-hydrogen) atoms. The van der Waals surface area contributed by atoms with Crippen LogP contribution in [0.1, 0.15) is 11.1 Å². The lowest BCUT2D eigenvalue weighted by Gasteiger charge is -2.36. The Kier molecular flexibility index (Phi) is 7.52. The van der Waals surface area contributed by atoms with Crippen LogP contribution in [0.25, 0.3) is 0 Å². The van der Waals surface area contributed by atoms with Crippen LogP contribution >= 0.6 is 35.4 Å². The van der Waals surface area contributed by atoms with E-state index in [-0.39, 0.29) is 0 Å². The molecule has 6 nitrogen and oxygen atoms in total. The van der Waals surface area contributed by atoms with E-state index in [0.717, 1.165) is 44.0 Å². The molecule has 0 spiro atoms. The summed E-state index contributed by atoms with van der Waals surface area (Å²) in [6, 6.07) is 15.6. The monoisotopic (exact) mass is 489 g/mol. The van der Waals surface area contributed by atoms with Crippen LogP contribution in [0.2, 0.25) is 10.0 Å². The minimum Gasteiger partial charge on any atom is -0.497 e. The first kappa shape index (κ1) is 22.9. The largest absolute Gasteiger partial charge is 0.497 e. The van der Waals surface area contributed by atoms with Crippen LogP contribution in [0.4, 0.5) is 5.82 Å². The molecule has 2 aromatic carbocycles. The van der Waals surface area contributed by atoms with Crippen molar-refractivity contribution in [3.8, 4) is 5.75 Å². The Hall–Kier alpha value is -2.32. The molecule has 1 aliphatic heterocycles. The third-order valence-corrected chi connectivity index (χ3v) is 6.53. The number of aromatic nitrogens is 2. The van der Waals surface area contributed by atoms with Gasteiger partial charge in [-0.05, 0) is 42.0 Å². The summed E-state index contributed by atoms with van der Waals surface area (Å²) >= 11 is 18.2. The molecule has 0 aliphatic carbocycles. The fourth-order valence-corrected chi connectivity index (χ4v) is 4.49. The second-order valence-electron chi connectivity index (χ2n) is 7.64. The molecule has 0 atom stereocenters. The van der Waals surface area contributed by atoms with Crippen LogP contribution in [-0.2, 0) is 13.1 Å². The number of nitrogens with one attached hydrogen (secondary N) is 1. The average molecular weight is 490 g/mol. The molecule has 4 rings (SSSR count).